The van der Waals surface area contributed by atoms with Crippen molar-refractivity contribution in [2.45, 2.75) is 39.3 Å². The summed E-state index contributed by atoms with van der Waals surface area (Å²) in [6, 6.07) is -0.672. The van der Waals surface area contributed by atoms with Crippen LogP contribution in [0.2, 0.25) is 0 Å². The third-order valence-electron chi connectivity index (χ3n) is 0.912. The number of rotatable bonds is 3. The monoisotopic (exact) mass is 161 g/mol. The van der Waals surface area contributed by atoms with Gasteiger partial charge in [-0.3, -0.25) is 9.63 Å². The average molecular weight is 161 g/mol. The molecular formula is C7H15NO3. The minimum absolute atomic E-state index is 0.357. The predicted molar refractivity (Wildman–Crippen MR) is 41.1 cm³/mol. The van der Waals surface area contributed by atoms with Crippen LogP contribution in [0.15, 0.2) is 0 Å². The van der Waals surface area contributed by atoms with Crippen LogP contribution in [0.1, 0.15) is 27.7 Å². The van der Waals surface area contributed by atoms with Gasteiger partial charge in [-0.05, 0) is 27.7 Å². The first-order valence-corrected chi connectivity index (χ1v) is 3.49. The quantitative estimate of drug-likeness (QED) is 0.600. The Morgan fingerprint density at radius 2 is 2.00 bits per heavy atom. The van der Waals surface area contributed by atoms with Gasteiger partial charge in [-0.15, -0.1) is 0 Å². The molecular weight excluding hydrogens is 146 g/mol. The van der Waals surface area contributed by atoms with Crippen LogP contribution in [0.25, 0.3) is 0 Å². The molecule has 0 aliphatic heterocycles. The van der Waals surface area contributed by atoms with Crippen molar-refractivity contribution in [1.29, 1.82) is 0 Å². The Kier molecular flexibility index (Phi) is 3.48. The average Bonchev–Trinajstić information content (AvgIpc) is 1.80. The third-order valence-corrected chi connectivity index (χ3v) is 0.912. The Bertz CT molecular complexity index is 139. The second-order valence-electron chi connectivity index (χ2n) is 3.39. The Morgan fingerprint density at radius 1 is 1.55 bits per heavy atom. The van der Waals surface area contributed by atoms with Gasteiger partial charge in [-0.1, -0.05) is 0 Å². The van der Waals surface area contributed by atoms with E-state index in [2.05, 4.69) is 5.48 Å². The molecule has 0 saturated carbocycles. The van der Waals surface area contributed by atoms with E-state index in [0.717, 1.165) is 0 Å². The van der Waals surface area contributed by atoms with Gasteiger partial charge in [0, 0.05) is 0 Å². The van der Waals surface area contributed by atoms with Crippen molar-refractivity contribution in [3.05, 3.63) is 0 Å². The van der Waals surface area contributed by atoms with Gasteiger partial charge >= 0.3 is 5.97 Å². The second kappa shape index (κ2) is 3.69. The number of hydrogen-bond acceptors (Lipinski definition) is 3. The molecule has 0 spiro atoms. The molecule has 0 aliphatic rings. The van der Waals surface area contributed by atoms with Crippen LogP contribution in [0.4, 0.5) is 0 Å². The highest BCUT2D eigenvalue weighted by Crippen LogP contribution is 2.03. The fourth-order valence-electron chi connectivity index (χ4n) is 0.316. The molecule has 0 heterocycles. The highest BCUT2D eigenvalue weighted by atomic mass is 16.7. The first-order chi connectivity index (χ1) is 4.83. The van der Waals surface area contributed by atoms with Crippen LogP contribution in [-0.4, -0.2) is 22.7 Å². The molecule has 0 aliphatic carbocycles. The standard InChI is InChI=1S/C7H15NO3/c1-5(6(9)10)8-11-7(2,3)4/h5,8H,1-4H3,(H,9,10)/t5-/m1/s1. The molecule has 0 radical (unpaired) electrons. The molecule has 0 saturated heterocycles. The van der Waals surface area contributed by atoms with Gasteiger partial charge in [0.2, 0.25) is 0 Å². The van der Waals surface area contributed by atoms with Crippen molar-refractivity contribution in [1.82, 2.24) is 5.48 Å². The zero-order valence-electron chi connectivity index (χ0n) is 7.34. The molecule has 0 aromatic heterocycles. The highest BCUT2D eigenvalue weighted by molar-refractivity contribution is 5.72. The number of hydroxylamine groups is 1. The topological polar surface area (TPSA) is 58.6 Å². The summed E-state index contributed by atoms with van der Waals surface area (Å²) in [6.07, 6.45) is 0. The molecule has 66 valence electrons. The molecule has 0 aromatic carbocycles. The normalized spacial score (nSPS) is 14.5. The van der Waals surface area contributed by atoms with E-state index in [1.54, 1.807) is 0 Å². The van der Waals surface area contributed by atoms with Crippen molar-refractivity contribution in [2.75, 3.05) is 0 Å². The van der Waals surface area contributed by atoms with E-state index in [1.807, 2.05) is 20.8 Å². The van der Waals surface area contributed by atoms with E-state index in [4.69, 9.17) is 9.94 Å². The summed E-state index contributed by atoms with van der Waals surface area (Å²) >= 11 is 0. The van der Waals surface area contributed by atoms with E-state index in [9.17, 15) is 4.79 Å². The molecule has 0 rings (SSSR count). The third kappa shape index (κ3) is 5.82. The van der Waals surface area contributed by atoms with E-state index in [1.165, 1.54) is 6.92 Å². The van der Waals surface area contributed by atoms with Crippen LogP contribution >= 0.6 is 0 Å². The maximum Gasteiger partial charge on any atom is 0.322 e. The van der Waals surface area contributed by atoms with Gasteiger partial charge in [0.05, 0.1) is 5.60 Å². The second-order valence-corrected chi connectivity index (χ2v) is 3.39. The SMILES string of the molecule is C[C@@H](NOC(C)(C)C)C(=O)O. The summed E-state index contributed by atoms with van der Waals surface area (Å²) in [6.45, 7) is 7.05. The zero-order chi connectivity index (χ0) is 9.07. The minimum atomic E-state index is -0.922. The van der Waals surface area contributed by atoms with Gasteiger partial charge in [0.1, 0.15) is 6.04 Å². The Hall–Kier alpha value is -0.610. The van der Waals surface area contributed by atoms with Crippen LogP contribution in [-0.2, 0) is 9.63 Å². The van der Waals surface area contributed by atoms with Gasteiger partial charge in [0.25, 0.3) is 0 Å². The fraction of sp³-hybridized carbons (Fsp3) is 0.857. The molecule has 11 heavy (non-hydrogen) atoms. The van der Waals surface area contributed by atoms with Crippen LogP contribution in [0, 0.1) is 0 Å². The number of hydrogen-bond donors (Lipinski definition) is 2. The summed E-state index contributed by atoms with van der Waals surface area (Å²) in [5.74, 6) is -0.922. The first-order valence-electron chi connectivity index (χ1n) is 3.49. The van der Waals surface area contributed by atoms with Crippen molar-refractivity contribution in [3.8, 4) is 0 Å². The Morgan fingerprint density at radius 3 is 2.27 bits per heavy atom. The van der Waals surface area contributed by atoms with Crippen LogP contribution in [0.3, 0.4) is 0 Å². The van der Waals surface area contributed by atoms with Crippen molar-refractivity contribution in [2.24, 2.45) is 0 Å². The molecule has 0 unspecified atom stereocenters. The first kappa shape index (κ1) is 10.4. The number of carbonyl (C=O) groups is 1. The molecule has 0 bridgehead atoms. The summed E-state index contributed by atoms with van der Waals surface area (Å²) in [5, 5.41) is 8.44. The maximum atomic E-state index is 10.3. The summed E-state index contributed by atoms with van der Waals surface area (Å²) in [7, 11) is 0. The number of nitrogens with one attached hydrogen (secondary N) is 1. The lowest BCUT2D eigenvalue weighted by Gasteiger charge is -2.20. The van der Waals surface area contributed by atoms with E-state index < -0.39 is 12.0 Å². The lowest BCUT2D eigenvalue weighted by molar-refractivity contribution is -0.149. The summed E-state index contributed by atoms with van der Waals surface area (Å²) < 4.78 is 0. The number of carboxylic acid groups (broad SMARTS) is 1. The van der Waals surface area contributed by atoms with E-state index in [0.29, 0.717) is 0 Å². The van der Waals surface area contributed by atoms with E-state index in [-0.39, 0.29) is 5.60 Å². The highest BCUT2D eigenvalue weighted by Gasteiger charge is 2.15. The molecule has 1 atom stereocenters. The van der Waals surface area contributed by atoms with Gasteiger partial charge in [-0.25, -0.2) is 0 Å². The Labute approximate surface area is 66.5 Å². The molecule has 4 heteroatoms. The van der Waals surface area contributed by atoms with Crippen LogP contribution in [0.5, 0.6) is 0 Å². The van der Waals surface area contributed by atoms with E-state index >= 15 is 0 Å². The fourth-order valence-corrected chi connectivity index (χ4v) is 0.316. The van der Waals surface area contributed by atoms with Crippen molar-refractivity contribution >= 4 is 5.97 Å². The van der Waals surface area contributed by atoms with Crippen molar-refractivity contribution < 1.29 is 14.7 Å². The largest absolute Gasteiger partial charge is 0.480 e. The van der Waals surface area contributed by atoms with Crippen LogP contribution < -0.4 is 5.48 Å². The number of aliphatic carboxylic acids is 1. The maximum absolute atomic E-state index is 10.3. The zero-order valence-corrected chi connectivity index (χ0v) is 7.34. The van der Waals surface area contributed by atoms with Gasteiger partial charge in [0.15, 0.2) is 0 Å². The van der Waals surface area contributed by atoms with Gasteiger partial charge < -0.3 is 5.11 Å². The molecule has 4 nitrogen and oxygen atoms in total. The summed E-state index contributed by atoms with van der Waals surface area (Å²) in [5.41, 5.74) is 2.07. The van der Waals surface area contributed by atoms with Gasteiger partial charge in [-0.2, -0.15) is 5.48 Å². The molecule has 2 N–H and O–H groups in total. The lowest BCUT2D eigenvalue weighted by Crippen LogP contribution is -2.39. The Balaban J connectivity index is 3.63. The molecule has 0 fully saturated rings. The lowest BCUT2D eigenvalue weighted by atomic mass is 10.2. The molecule has 0 amide bonds. The smallest absolute Gasteiger partial charge is 0.322 e. The van der Waals surface area contributed by atoms with Crippen molar-refractivity contribution in [3.63, 3.8) is 0 Å². The minimum Gasteiger partial charge on any atom is -0.480 e. The number of carboxylic acids is 1. The molecule has 0 aromatic rings. The summed E-state index contributed by atoms with van der Waals surface area (Å²) in [4.78, 5) is 15.3. The predicted octanol–water partition coefficient (Wildman–Crippen LogP) is 0.779.